The number of hydrogen-bond donors (Lipinski definition) is 0. The number of hydrogen-bond acceptors (Lipinski definition) is 5. The van der Waals surface area contributed by atoms with Gasteiger partial charge in [-0.3, -0.25) is 14.9 Å². The molecule has 0 aliphatic carbocycles. The second kappa shape index (κ2) is 6.14. The van der Waals surface area contributed by atoms with Crippen molar-refractivity contribution in [3.8, 4) is 0 Å². The molecule has 2 aromatic rings. The zero-order valence-corrected chi connectivity index (χ0v) is 13.4. The van der Waals surface area contributed by atoms with Gasteiger partial charge in [-0.1, -0.05) is 6.07 Å². The van der Waals surface area contributed by atoms with Crippen LogP contribution in [0.4, 0.5) is 5.69 Å². The first-order valence-electron chi connectivity index (χ1n) is 6.74. The third kappa shape index (κ3) is 3.18. The highest BCUT2D eigenvalue weighted by molar-refractivity contribution is 8.19. The third-order valence-electron chi connectivity index (χ3n) is 3.37. The minimum atomic E-state index is -0.462. The maximum Gasteiger partial charge on any atom is 0.269 e. The Labute approximate surface area is 136 Å². The summed E-state index contributed by atoms with van der Waals surface area (Å²) in [6.07, 6.45) is 0.418. The minimum Gasteiger partial charge on any atom is -0.294 e. The average Bonchev–Trinajstić information content (AvgIpc) is 2.88. The van der Waals surface area contributed by atoms with E-state index in [0.29, 0.717) is 12.0 Å². The van der Waals surface area contributed by atoms with Gasteiger partial charge in [0.1, 0.15) is 0 Å². The molecule has 1 heterocycles. The molecule has 0 N–H and O–H groups in total. The molecule has 0 aromatic heterocycles. The predicted octanol–water partition coefficient (Wildman–Crippen LogP) is 4.70. The fourth-order valence-corrected chi connectivity index (χ4v) is 5.13. The van der Waals surface area contributed by atoms with Crippen LogP contribution in [0.5, 0.6) is 0 Å². The van der Waals surface area contributed by atoms with E-state index in [0.717, 1.165) is 0 Å². The number of ketones is 1. The third-order valence-corrected chi connectivity index (χ3v) is 6.14. The molecule has 6 heteroatoms. The van der Waals surface area contributed by atoms with Crippen LogP contribution in [0.2, 0.25) is 0 Å². The van der Waals surface area contributed by atoms with E-state index in [1.165, 1.54) is 39.6 Å². The molecule has 0 saturated heterocycles. The summed E-state index contributed by atoms with van der Waals surface area (Å²) in [7, 11) is 0. The number of fused-ring (bicyclic) bond motifs is 1. The van der Waals surface area contributed by atoms with E-state index in [9.17, 15) is 14.9 Å². The molecule has 2 aromatic carbocycles. The van der Waals surface area contributed by atoms with Gasteiger partial charge in [0, 0.05) is 33.9 Å². The summed E-state index contributed by atoms with van der Waals surface area (Å²) >= 11 is 3.43. The smallest absolute Gasteiger partial charge is 0.269 e. The molecule has 1 aliphatic heterocycles. The van der Waals surface area contributed by atoms with E-state index in [1.54, 1.807) is 23.5 Å². The molecule has 0 saturated carbocycles. The van der Waals surface area contributed by atoms with Gasteiger partial charge in [-0.05, 0) is 36.8 Å². The van der Waals surface area contributed by atoms with Crippen LogP contribution in [-0.2, 0) is 0 Å². The number of nitrogens with zero attached hydrogens (tertiary/aromatic N) is 1. The fraction of sp³-hybridized carbons (Fsp3) is 0.188. The lowest BCUT2D eigenvalue weighted by atomic mass is 10.1. The van der Waals surface area contributed by atoms with Gasteiger partial charge in [-0.15, -0.1) is 23.5 Å². The van der Waals surface area contributed by atoms with Gasteiger partial charge in [0.2, 0.25) is 0 Å². The van der Waals surface area contributed by atoms with Crippen molar-refractivity contribution in [1.29, 1.82) is 0 Å². The second-order valence-corrected chi connectivity index (χ2v) is 7.83. The molecular formula is C16H13NO3S2. The molecule has 4 nitrogen and oxygen atoms in total. The molecule has 0 unspecified atom stereocenters. The Bertz CT molecular complexity index is 744. The van der Waals surface area contributed by atoms with Crippen molar-refractivity contribution in [2.24, 2.45) is 0 Å². The predicted molar refractivity (Wildman–Crippen MR) is 88.7 cm³/mol. The first-order valence-corrected chi connectivity index (χ1v) is 8.50. The van der Waals surface area contributed by atoms with E-state index in [1.807, 2.05) is 0 Å². The van der Waals surface area contributed by atoms with Crippen LogP contribution in [0.1, 0.15) is 22.3 Å². The Morgan fingerprint density at radius 3 is 2.50 bits per heavy atom. The first-order chi connectivity index (χ1) is 10.5. The van der Waals surface area contributed by atoms with Crippen LogP contribution in [0.3, 0.4) is 0 Å². The summed E-state index contributed by atoms with van der Waals surface area (Å²) in [4.78, 5) is 24.9. The number of non-ortho nitro benzene ring substituents is 1. The minimum absolute atomic E-state index is 0.00375. The lowest BCUT2D eigenvalue weighted by Gasteiger charge is -2.06. The zero-order chi connectivity index (χ0) is 15.7. The van der Waals surface area contributed by atoms with Crippen LogP contribution in [0.15, 0.2) is 52.3 Å². The highest BCUT2D eigenvalue weighted by Crippen LogP contribution is 2.49. The summed E-state index contributed by atoms with van der Waals surface area (Å²) in [5.41, 5.74) is 1.75. The Balaban J connectivity index is 1.67. The number of rotatable bonds is 4. The Morgan fingerprint density at radius 1 is 1.14 bits per heavy atom. The fourth-order valence-electron chi connectivity index (χ4n) is 2.23. The molecule has 0 radical (unpaired) electrons. The Morgan fingerprint density at radius 2 is 1.82 bits per heavy atom. The van der Waals surface area contributed by atoms with Crippen LogP contribution >= 0.6 is 23.5 Å². The Hall–Kier alpha value is -1.79. The Kier molecular flexibility index (Phi) is 4.22. The summed E-state index contributed by atoms with van der Waals surface area (Å²) in [5, 5.41) is 10.6. The van der Waals surface area contributed by atoms with Gasteiger partial charge in [0.25, 0.3) is 5.69 Å². The number of carbonyl (C=O) groups excluding carboxylic acids is 1. The second-order valence-electron chi connectivity index (χ2n) is 5.05. The van der Waals surface area contributed by atoms with Crippen LogP contribution in [0.25, 0.3) is 0 Å². The monoisotopic (exact) mass is 331 g/mol. The van der Waals surface area contributed by atoms with Gasteiger partial charge in [-0.25, -0.2) is 0 Å². The van der Waals surface area contributed by atoms with Crippen molar-refractivity contribution in [2.75, 3.05) is 0 Å². The number of nitro benzene ring substituents is 1. The number of nitro groups is 1. The number of carbonyl (C=O) groups is 1. The number of aryl methyl sites for hydroxylation is 1. The van der Waals surface area contributed by atoms with Gasteiger partial charge >= 0.3 is 0 Å². The first kappa shape index (κ1) is 15.1. The van der Waals surface area contributed by atoms with Crippen LogP contribution < -0.4 is 0 Å². The maximum absolute atomic E-state index is 12.3. The number of thioether (sulfide) groups is 2. The van der Waals surface area contributed by atoms with Gasteiger partial charge in [0.05, 0.1) is 9.51 Å². The summed E-state index contributed by atoms with van der Waals surface area (Å²) in [6.45, 7) is 2.06. The molecule has 3 rings (SSSR count). The molecule has 0 spiro atoms. The van der Waals surface area contributed by atoms with E-state index < -0.39 is 4.92 Å². The van der Waals surface area contributed by atoms with Crippen LogP contribution in [0, 0.1) is 17.0 Å². The number of Topliss-reactive ketones (excluding diaryl/α,β-unsaturated/α-hetero) is 1. The lowest BCUT2D eigenvalue weighted by molar-refractivity contribution is -0.384. The number of benzene rings is 2. The van der Waals surface area contributed by atoms with Crippen molar-refractivity contribution in [2.45, 2.75) is 27.7 Å². The largest absolute Gasteiger partial charge is 0.294 e. The lowest BCUT2D eigenvalue weighted by Crippen LogP contribution is -2.05. The summed E-state index contributed by atoms with van der Waals surface area (Å²) in [6, 6.07) is 12.1. The standard InChI is InChI=1S/C16H13NO3S2/c1-10-2-7-14-15(8-10)22-16(21-14)9-13(18)11-3-5-12(6-4-11)17(19)20/h2-8,16H,9H2,1H3/t16-/m1/s1. The quantitative estimate of drug-likeness (QED) is 0.462. The van der Waals surface area contributed by atoms with E-state index >= 15 is 0 Å². The normalized spacial score (nSPS) is 16.3. The molecule has 1 atom stereocenters. The van der Waals surface area contributed by atoms with Crippen molar-refractivity contribution in [3.05, 3.63) is 63.7 Å². The van der Waals surface area contributed by atoms with E-state index in [2.05, 4.69) is 25.1 Å². The van der Waals surface area contributed by atoms with Crippen LogP contribution in [-0.4, -0.2) is 15.3 Å². The van der Waals surface area contributed by atoms with Crippen molar-refractivity contribution < 1.29 is 9.72 Å². The van der Waals surface area contributed by atoms with Crippen molar-refractivity contribution in [3.63, 3.8) is 0 Å². The van der Waals surface area contributed by atoms with Gasteiger partial charge in [-0.2, -0.15) is 0 Å². The van der Waals surface area contributed by atoms with E-state index in [-0.39, 0.29) is 16.1 Å². The molecule has 0 bridgehead atoms. The SMILES string of the molecule is Cc1ccc2c(c1)S[C@H](CC(=O)c1ccc([N+](=O)[O-])cc1)S2. The highest BCUT2D eigenvalue weighted by Gasteiger charge is 2.25. The maximum atomic E-state index is 12.3. The van der Waals surface area contributed by atoms with Crippen molar-refractivity contribution >= 4 is 35.0 Å². The molecule has 112 valence electrons. The molecule has 0 fully saturated rings. The molecule has 0 amide bonds. The van der Waals surface area contributed by atoms with Gasteiger partial charge < -0.3 is 0 Å². The molecule has 22 heavy (non-hydrogen) atoms. The summed E-state index contributed by atoms with van der Waals surface area (Å²) in [5.74, 6) is 0.0180. The molecular weight excluding hydrogens is 318 g/mol. The molecule has 1 aliphatic rings. The summed E-state index contributed by atoms with van der Waals surface area (Å²) < 4.78 is 0.166. The average molecular weight is 331 g/mol. The topological polar surface area (TPSA) is 60.2 Å². The highest BCUT2D eigenvalue weighted by atomic mass is 32.2. The van der Waals surface area contributed by atoms with Gasteiger partial charge in [0.15, 0.2) is 5.78 Å². The van der Waals surface area contributed by atoms with Crippen molar-refractivity contribution in [1.82, 2.24) is 0 Å². The zero-order valence-electron chi connectivity index (χ0n) is 11.8. The van der Waals surface area contributed by atoms with E-state index in [4.69, 9.17) is 0 Å².